The third kappa shape index (κ3) is 3.32. The van der Waals surface area contributed by atoms with Crippen molar-refractivity contribution in [1.82, 2.24) is 24.8 Å². The van der Waals surface area contributed by atoms with Gasteiger partial charge in [0.1, 0.15) is 0 Å². The monoisotopic (exact) mass is 289 g/mol. The maximum Gasteiger partial charge on any atom is 0.226 e. The summed E-state index contributed by atoms with van der Waals surface area (Å²) in [6, 6.07) is 0.422. The molecule has 2 aromatic heterocycles. The molecule has 6 heteroatoms. The number of aromatic nitrogens is 4. The Hall–Kier alpha value is -1.69. The van der Waals surface area contributed by atoms with Gasteiger partial charge in [-0.2, -0.15) is 10.1 Å². The van der Waals surface area contributed by atoms with Crippen molar-refractivity contribution in [2.75, 3.05) is 6.54 Å². The second kappa shape index (κ2) is 5.97. The minimum absolute atomic E-state index is 0.422. The van der Waals surface area contributed by atoms with Crippen LogP contribution in [0.25, 0.3) is 0 Å². The summed E-state index contributed by atoms with van der Waals surface area (Å²) >= 11 is 0. The van der Waals surface area contributed by atoms with Crippen LogP contribution < -0.4 is 0 Å². The predicted octanol–water partition coefficient (Wildman–Crippen LogP) is 2.34. The van der Waals surface area contributed by atoms with E-state index in [9.17, 15) is 0 Å². The van der Waals surface area contributed by atoms with E-state index in [0.29, 0.717) is 12.0 Å². The fourth-order valence-electron chi connectivity index (χ4n) is 2.97. The lowest BCUT2D eigenvalue weighted by atomic mass is 10.1. The summed E-state index contributed by atoms with van der Waals surface area (Å²) < 4.78 is 7.19. The molecule has 0 bridgehead atoms. The van der Waals surface area contributed by atoms with E-state index in [-0.39, 0.29) is 0 Å². The highest BCUT2D eigenvalue weighted by Crippen LogP contribution is 2.32. The van der Waals surface area contributed by atoms with Crippen LogP contribution in [0, 0.1) is 5.92 Å². The molecule has 1 saturated heterocycles. The summed E-state index contributed by atoms with van der Waals surface area (Å²) in [5.41, 5.74) is 1.28. The van der Waals surface area contributed by atoms with Crippen LogP contribution in [0.2, 0.25) is 0 Å². The molecule has 0 N–H and O–H groups in total. The molecule has 0 radical (unpaired) electrons. The topological polar surface area (TPSA) is 60.0 Å². The molecule has 0 aromatic carbocycles. The van der Waals surface area contributed by atoms with Gasteiger partial charge in [-0.1, -0.05) is 19.0 Å². The summed E-state index contributed by atoms with van der Waals surface area (Å²) in [5.74, 6) is 2.08. The van der Waals surface area contributed by atoms with Gasteiger partial charge in [0.05, 0.1) is 12.7 Å². The molecule has 3 heterocycles. The standard InChI is InChI=1S/C15H23N5O/c1-11(2)7-15-17-14(18-21-15)10-20-6-4-5-13(20)12-8-16-19(3)9-12/h8-9,11,13H,4-7,10H2,1-3H3/t13-/m0/s1. The Morgan fingerprint density at radius 3 is 3.00 bits per heavy atom. The van der Waals surface area contributed by atoms with Crippen molar-refractivity contribution in [2.24, 2.45) is 13.0 Å². The van der Waals surface area contributed by atoms with Crippen molar-refractivity contribution in [1.29, 1.82) is 0 Å². The van der Waals surface area contributed by atoms with Gasteiger partial charge < -0.3 is 4.52 Å². The van der Waals surface area contributed by atoms with Crippen molar-refractivity contribution in [3.63, 3.8) is 0 Å². The first-order valence-corrected chi connectivity index (χ1v) is 7.66. The average Bonchev–Trinajstić information content (AvgIpc) is 3.11. The van der Waals surface area contributed by atoms with Crippen LogP contribution in [-0.4, -0.2) is 31.4 Å². The van der Waals surface area contributed by atoms with E-state index < -0.39 is 0 Å². The van der Waals surface area contributed by atoms with Crippen molar-refractivity contribution >= 4 is 0 Å². The predicted molar refractivity (Wildman–Crippen MR) is 78.4 cm³/mol. The lowest BCUT2D eigenvalue weighted by Gasteiger charge is -2.21. The smallest absolute Gasteiger partial charge is 0.226 e. The highest BCUT2D eigenvalue weighted by molar-refractivity contribution is 5.12. The first kappa shape index (κ1) is 14.3. The lowest BCUT2D eigenvalue weighted by molar-refractivity contribution is 0.237. The van der Waals surface area contributed by atoms with E-state index in [1.54, 1.807) is 0 Å². The van der Waals surface area contributed by atoms with E-state index in [0.717, 1.165) is 31.2 Å². The van der Waals surface area contributed by atoms with Crippen molar-refractivity contribution in [3.05, 3.63) is 29.7 Å². The zero-order valence-electron chi connectivity index (χ0n) is 13.0. The lowest BCUT2D eigenvalue weighted by Crippen LogP contribution is -2.23. The number of likely N-dealkylation sites (tertiary alicyclic amines) is 1. The van der Waals surface area contributed by atoms with Gasteiger partial charge in [-0.25, -0.2) is 0 Å². The molecule has 0 aliphatic carbocycles. The van der Waals surface area contributed by atoms with E-state index in [1.807, 2.05) is 17.9 Å². The Balaban J connectivity index is 1.67. The van der Waals surface area contributed by atoms with Crippen LogP contribution in [0.15, 0.2) is 16.9 Å². The summed E-state index contributed by atoms with van der Waals surface area (Å²) in [7, 11) is 1.96. The molecular weight excluding hydrogens is 266 g/mol. The number of nitrogens with zero attached hydrogens (tertiary/aromatic N) is 5. The third-order valence-electron chi connectivity index (χ3n) is 3.91. The molecule has 3 rings (SSSR count). The van der Waals surface area contributed by atoms with Gasteiger partial charge in [0.2, 0.25) is 5.89 Å². The Bertz CT molecular complexity index is 588. The average molecular weight is 289 g/mol. The van der Waals surface area contributed by atoms with Crippen molar-refractivity contribution < 1.29 is 4.52 Å². The summed E-state index contributed by atoms with van der Waals surface area (Å²) in [4.78, 5) is 6.92. The van der Waals surface area contributed by atoms with Crippen molar-refractivity contribution in [2.45, 2.75) is 45.7 Å². The molecule has 1 aliphatic heterocycles. The van der Waals surface area contributed by atoms with Crippen LogP contribution in [0.3, 0.4) is 0 Å². The molecule has 1 aliphatic rings. The molecule has 0 saturated carbocycles. The van der Waals surface area contributed by atoms with Gasteiger partial charge in [0, 0.05) is 31.3 Å². The van der Waals surface area contributed by atoms with E-state index in [1.165, 1.54) is 18.4 Å². The van der Waals surface area contributed by atoms with Crippen LogP contribution in [0.4, 0.5) is 0 Å². The zero-order valence-corrected chi connectivity index (χ0v) is 13.0. The molecule has 0 spiro atoms. The molecular formula is C15H23N5O. The minimum Gasteiger partial charge on any atom is -0.339 e. The normalized spacial score (nSPS) is 19.7. The fourth-order valence-corrected chi connectivity index (χ4v) is 2.97. The van der Waals surface area contributed by atoms with Crippen LogP contribution in [0.1, 0.15) is 50.0 Å². The quantitative estimate of drug-likeness (QED) is 0.845. The van der Waals surface area contributed by atoms with Gasteiger partial charge in [-0.3, -0.25) is 9.58 Å². The second-order valence-electron chi connectivity index (χ2n) is 6.28. The van der Waals surface area contributed by atoms with E-state index in [4.69, 9.17) is 4.52 Å². The van der Waals surface area contributed by atoms with Crippen LogP contribution >= 0.6 is 0 Å². The van der Waals surface area contributed by atoms with Crippen LogP contribution in [0.5, 0.6) is 0 Å². The number of hydrogen-bond acceptors (Lipinski definition) is 5. The molecule has 0 amide bonds. The van der Waals surface area contributed by atoms with Gasteiger partial charge in [0.25, 0.3) is 0 Å². The maximum atomic E-state index is 5.33. The van der Waals surface area contributed by atoms with Crippen molar-refractivity contribution in [3.8, 4) is 0 Å². The zero-order chi connectivity index (χ0) is 14.8. The highest BCUT2D eigenvalue weighted by Gasteiger charge is 2.28. The van der Waals surface area contributed by atoms with Gasteiger partial charge in [-0.15, -0.1) is 0 Å². The van der Waals surface area contributed by atoms with Gasteiger partial charge in [-0.05, 0) is 25.3 Å². The summed E-state index contributed by atoms with van der Waals surface area (Å²) in [6.07, 6.45) is 7.28. The minimum atomic E-state index is 0.422. The second-order valence-corrected chi connectivity index (χ2v) is 6.28. The number of aryl methyl sites for hydroxylation is 1. The molecule has 21 heavy (non-hydrogen) atoms. The molecule has 114 valence electrons. The highest BCUT2D eigenvalue weighted by atomic mass is 16.5. The number of rotatable bonds is 5. The molecule has 2 aromatic rings. The molecule has 1 atom stereocenters. The Morgan fingerprint density at radius 1 is 1.43 bits per heavy atom. The first-order valence-electron chi connectivity index (χ1n) is 7.66. The fraction of sp³-hybridized carbons (Fsp3) is 0.667. The number of hydrogen-bond donors (Lipinski definition) is 0. The summed E-state index contributed by atoms with van der Waals surface area (Å²) in [5, 5.41) is 8.40. The first-order chi connectivity index (χ1) is 10.1. The molecule has 6 nitrogen and oxygen atoms in total. The Morgan fingerprint density at radius 2 is 2.29 bits per heavy atom. The SMILES string of the molecule is CC(C)Cc1nc(CN2CCC[C@H]2c2cnn(C)c2)no1. The maximum absolute atomic E-state index is 5.33. The third-order valence-corrected chi connectivity index (χ3v) is 3.91. The van der Waals surface area contributed by atoms with Gasteiger partial charge >= 0.3 is 0 Å². The Kier molecular flexibility index (Phi) is 4.05. The summed E-state index contributed by atoms with van der Waals surface area (Å²) in [6.45, 7) is 6.14. The Labute approximate surface area is 125 Å². The van der Waals surface area contributed by atoms with E-state index in [2.05, 4.69) is 40.2 Å². The largest absolute Gasteiger partial charge is 0.339 e. The molecule has 1 fully saturated rings. The van der Waals surface area contributed by atoms with Gasteiger partial charge in [0.15, 0.2) is 5.82 Å². The molecule has 0 unspecified atom stereocenters. The van der Waals surface area contributed by atoms with E-state index >= 15 is 0 Å². The van der Waals surface area contributed by atoms with Crippen LogP contribution in [-0.2, 0) is 20.0 Å².